The lowest BCUT2D eigenvalue weighted by molar-refractivity contribution is 0.433. The zero-order chi connectivity index (χ0) is 15.4. The maximum Gasteiger partial charge on any atom is 0.346 e. The van der Waals surface area contributed by atoms with E-state index in [1.165, 1.54) is 18.2 Å². The summed E-state index contributed by atoms with van der Waals surface area (Å²) < 4.78 is 0. The monoisotopic (exact) mass is 317 g/mol. The third-order valence-corrected chi connectivity index (χ3v) is 4.75. The highest BCUT2D eigenvalue weighted by atomic mass is 32.2. The van der Waals surface area contributed by atoms with Crippen molar-refractivity contribution in [3.05, 3.63) is 27.6 Å². The van der Waals surface area contributed by atoms with Crippen molar-refractivity contribution < 1.29 is 0 Å². The Kier molecular flexibility index (Phi) is 4.48. The van der Waals surface area contributed by atoms with E-state index >= 15 is 0 Å². The van der Waals surface area contributed by atoms with Crippen LogP contribution in [0.15, 0.2) is 9.82 Å². The molecule has 0 atom stereocenters. The van der Waals surface area contributed by atoms with Gasteiger partial charge in [0.05, 0.1) is 5.75 Å². The van der Waals surface area contributed by atoms with Gasteiger partial charge in [-0.25, -0.2) is 4.79 Å². The number of rotatable bonds is 4. The standard InChI is InChI=1S/C13H15N7OS/c14-6-9-11(8-4-2-1-3-5-8)15-13(21)16-12(9)22-7-10-17-19-20-18-10/h8H,1-5,7H2,(H,15,16,21)(H,17,18,19,20). The molecule has 2 heterocycles. The maximum atomic E-state index is 11.8. The van der Waals surface area contributed by atoms with Gasteiger partial charge in [0.1, 0.15) is 16.7 Å². The Balaban J connectivity index is 1.90. The zero-order valence-corrected chi connectivity index (χ0v) is 12.7. The van der Waals surface area contributed by atoms with E-state index in [1.54, 1.807) is 0 Å². The molecule has 0 saturated heterocycles. The van der Waals surface area contributed by atoms with Crippen molar-refractivity contribution in [1.29, 1.82) is 5.26 Å². The molecule has 1 aliphatic rings. The number of hydrogen-bond acceptors (Lipinski definition) is 7. The number of thioether (sulfide) groups is 1. The van der Waals surface area contributed by atoms with Gasteiger partial charge in [-0.2, -0.15) is 15.5 Å². The fourth-order valence-corrected chi connectivity index (χ4v) is 3.59. The van der Waals surface area contributed by atoms with E-state index in [2.05, 4.69) is 36.7 Å². The van der Waals surface area contributed by atoms with E-state index < -0.39 is 5.69 Å². The Morgan fingerprint density at radius 3 is 2.82 bits per heavy atom. The lowest BCUT2D eigenvalue weighted by Gasteiger charge is -2.22. The maximum absolute atomic E-state index is 11.8. The summed E-state index contributed by atoms with van der Waals surface area (Å²) >= 11 is 1.28. The van der Waals surface area contributed by atoms with Crippen LogP contribution in [0.25, 0.3) is 0 Å². The summed E-state index contributed by atoms with van der Waals surface area (Å²) in [4.78, 5) is 18.6. The van der Waals surface area contributed by atoms with Crippen LogP contribution < -0.4 is 5.69 Å². The van der Waals surface area contributed by atoms with Gasteiger partial charge >= 0.3 is 5.69 Å². The van der Waals surface area contributed by atoms with Gasteiger partial charge in [0.15, 0.2) is 5.82 Å². The molecule has 3 rings (SSSR count). The van der Waals surface area contributed by atoms with Crippen LogP contribution in [0.5, 0.6) is 0 Å². The number of hydrogen-bond donors (Lipinski definition) is 2. The lowest BCUT2D eigenvalue weighted by atomic mass is 9.85. The second-order valence-corrected chi connectivity index (χ2v) is 6.16. The molecule has 1 saturated carbocycles. The first-order valence-corrected chi connectivity index (χ1v) is 8.16. The van der Waals surface area contributed by atoms with Crippen LogP contribution in [0, 0.1) is 11.3 Å². The van der Waals surface area contributed by atoms with Gasteiger partial charge in [0.2, 0.25) is 0 Å². The molecule has 2 N–H and O–H groups in total. The summed E-state index contributed by atoms with van der Waals surface area (Å²) in [5.41, 5.74) is 0.799. The van der Waals surface area contributed by atoms with Crippen molar-refractivity contribution >= 4 is 11.8 Å². The van der Waals surface area contributed by atoms with Crippen LogP contribution in [-0.2, 0) is 5.75 Å². The van der Waals surface area contributed by atoms with Crippen LogP contribution in [0.1, 0.15) is 55.1 Å². The van der Waals surface area contributed by atoms with E-state index in [4.69, 9.17) is 0 Å². The van der Waals surface area contributed by atoms with Crippen molar-refractivity contribution in [1.82, 2.24) is 30.6 Å². The molecule has 22 heavy (non-hydrogen) atoms. The predicted molar refractivity (Wildman–Crippen MR) is 79.1 cm³/mol. The van der Waals surface area contributed by atoms with Crippen molar-refractivity contribution in [3.63, 3.8) is 0 Å². The van der Waals surface area contributed by atoms with Crippen molar-refractivity contribution in [3.8, 4) is 6.07 Å². The number of nitriles is 1. The van der Waals surface area contributed by atoms with E-state index in [0.29, 0.717) is 22.2 Å². The van der Waals surface area contributed by atoms with Crippen LogP contribution >= 0.6 is 11.8 Å². The second-order valence-electron chi connectivity index (χ2n) is 5.20. The fourth-order valence-electron chi connectivity index (χ4n) is 2.76. The molecule has 0 aliphatic heterocycles. The summed E-state index contributed by atoms with van der Waals surface area (Å²) in [5.74, 6) is 1.16. The van der Waals surface area contributed by atoms with Gasteiger partial charge in [-0.05, 0) is 12.8 Å². The molecular weight excluding hydrogens is 302 g/mol. The number of nitrogens with zero attached hydrogens (tertiary/aromatic N) is 5. The van der Waals surface area contributed by atoms with Crippen LogP contribution in [0.2, 0.25) is 0 Å². The summed E-state index contributed by atoms with van der Waals surface area (Å²) in [6.07, 6.45) is 5.48. The molecule has 0 radical (unpaired) electrons. The van der Waals surface area contributed by atoms with Gasteiger partial charge in [-0.15, -0.1) is 10.2 Å². The molecular formula is C13H15N7OS. The summed E-state index contributed by atoms with van der Waals surface area (Å²) in [5, 5.41) is 23.5. The molecule has 8 nitrogen and oxygen atoms in total. The van der Waals surface area contributed by atoms with Crippen LogP contribution in [-0.4, -0.2) is 30.6 Å². The largest absolute Gasteiger partial charge is 0.346 e. The van der Waals surface area contributed by atoms with E-state index in [-0.39, 0.29) is 5.92 Å². The molecule has 0 aromatic carbocycles. The molecule has 0 spiro atoms. The Morgan fingerprint density at radius 1 is 1.32 bits per heavy atom. The fraction of sp³-hybridized carbons (Fsp3) is 0.538. The molecule has 114 valence electrons. The van der Waals surface area contributed by atoms with Crippen molar-refractivity contribution in [2.75, 3.05) is 0 Å². The average molecular weight is 317 g/mol. The number of H-pyrrole nitrogens is 2. The minimum atomic E-state index is -0.407. The van der Waals surface area contributed by atoms with Crippen LogP contribution in [0.4, 0.5) is 0 Å². The number of aromatic nitrogens is 6. The van der Waals surface area contributed by atoms with Crippen molar-refractivity contribution in [2.24, 2.45) is 0 Å². The first-order valence-electron chi connectivity index (χ1n) is 7.17. The van der Waals surface area contributed by atoms with E-state index in [0.717, 1.165) is 31.4 Å². The molecule has 0 amide bonds. The molecule has 0 bridgehead atoms. The summed E-state index contributed by atoms with van der Waals surface area (Å²) in [6.45, 7) is 0. The Bertz CT molecular complexity index is 728. The Morgan fingerprint density at radius 2 is 2.14 bits per heavy atom. The average Bonchev–Trinajstić information content (AvgIpc) is 3.06. The molecule has 9 heteroatoms. The Labute approximate surface area is 130 Å². The van der Waals surface area contributed by atoms with Gasteiger partial charge in [0.25, 0.3) is 0 Å². The van der Waals surface area contributed by atoms with E-state index in [9.17, 15) is 10.1 Å². The third kappa shape index (κ3) is 3.17. The normalized spacial score (nSPS) is 15.6. The van der Waals surface area contributed by atoms with Gasteiger partial charge in [0, 0.05) is 11.6 Å². The highest BCUT2D eigenvalue weighted by Gasteiger charge is 2.23. The topological polar surface area (TPSA) is 124 Å². The van der Waals surface area contributed by atoms with Gasteiger partial charge in [-0.1, -0.05) is 36.2 Å². The first-order chi connectivity index (χ1) is 10.8. The molecule has 2 aromatic rings. The van der Waals surface area contributed by atoms with Crippen molar-refractivity contribution in [2.45, 2.75) is 48.8 Å². The summed E-state index contributed by atoms with van der Waals surface area (Å²) in [6, 6.07) is 2.20. The highest BCUT2D eigenvalue weighted by molar-refractivity contribution is 7.98. The number of tetrazole rings is 1. The summed E-state index contributed by atoms with van der Waals surface area (Å²) in [7, 11) is 0. The third-order valence-electron chi connectivity index (χ3n) is 3.78. The minimum absolute atomic E-state index is 0.239. The molecule has 1 aliphatic carbocycles. The zero-order valence-electron chi connectivity index (χ0n) is 11.9. The SMILES string of the molecule is N#Cc1c(SCc2nn[nH]n2)nc(=O)[nH]c1C1CCCCC1. The van der Waals surface area contributed by atoms with Gasteiger partial charge in [-0.3, -0.25) is 0 Å². The second kappa shape index (κ2) is 6.70. The number of aromatic amines is 2. The number of nitrogens with one attached hydrogen (secondary N) is 2. The van der Waals surface area contributed by atoms with E-state index in [1.807, 2.05) is 0 Å². The minimum Gasteiger partial charge on any atom is -0.308 e. The predicted octanol–water partition coefficient (Wildman–Crippen LogP) is 1.49. The van der Waals surface area contributed by atoms with Gasteiger partial charge < -0.3 is 4.98 Å². The smallest absolute Gasteiger partial charge is 0.308 e. The lowest BCUT2D eigenvalue weighted by Crippen LogP contribution is -2.20. The first kappa shape index (κ1) is 14.7. The highest BCUT2D eigenvalue weighted by Crippen LogP contribution is 2.35. The quantitative estimate of drug-likeness (QED) is 0.646. The van der Waals surface area contributed by atoms with Crippen LogP contribution in [0.3, 0.4) is 0 Å². The Hall–Kier alpha value is -2.21. The molecule has 0 unspecified atom stereocenters. The molecule has 1 fully saturated rings. The molecule has 2 aromatic heterocycles.